The van der Waals surface area contributed by atoms with Gasteiger partial charge in [0.1, 0.15) is 5.60 Å². The van der Waals surface area contributed by atoms with Crippen molar-refractivity contribution in [2.75, 3.05) is 4.90 Å². The SMILES string of the molecule is CC(C)(C)OC(=O)N1c2ccccc2-c2ccccc2-c2ccccc21. The fourth-order valence-corrected chi connectivity index (χ4v) is 3.38. The molecule has 3 aromatic carbocycles. The largest absolute Gasteiger partial charge is 0.443 e. The molecule has 26 heavy (non-hydrogen) atoms. The lowest BCUT2D eigenvalue weighted by atomic mass is 9.95. The Kier molecular flexibility index (Phi) is 3.80. The third-order valence-electron chi connectivity index (χ3n) is 4.37. The van der Waals surface area contributed by atoms with Crippen LogP contribution in [-0.2, 0) is 4.74 Å². The molecule has 0 aromatic heterocycles. The van der Waals surface area contributed by atoms with Gasteiger partial charge in [-0.05, 0) is 44.0 Å². The molecule has 4 rings (SSSR count). The Morgan fingerprint density at radius 1 is 0.692 bits per heavy atom. The number of amides is 1. The molecule has 0 atom stereocenters. The van der Waals surface area contributed by atoms with Crippen LogP contribution in [0.2, 0.25) is 0 Å². The molecule has 1 aliphatic rings. The number of hydrogen-bond acceptors (Lipinski definition) is 2. The summed E-state index contributed by atoms with van der Waals surface area (Å²) in [5, 5.41) is 0. The van der Waals surface area contributed by atoms with E-state index in [0.29, 0.717) is 0 Å². The van der Waals surface area contributed by atoms with Gasteiger partial charge in [0.15, 0.2) is 0 Å². The minimum atomic E-state index is -0.569. The van der Waals surface area contributed by atoms with Gasteiger partial charge in [0, 0.05) is 11.1 Å². The molecule has 3 heteroatoms. The molecule has 1 aliphatic heterocycles. The van der Waals surface area contributed by atoms with Crippen molar-refractivity contribution in [2.24, 2.45) is 0 Å². The first kappa shape index (κ1) is 16.4. The van der Waals surface area contributed by atoms with Crippen molar-refractivity contribution in [3.8, 4) is 22.3 Å². The van der Waals surface area contributed by atoms with Crippen molar-refractivity contribution in [3.05, 3.63) is 72.8 Å². The summed E-state index contributed by atoms with van der Waals surface area (Å²) >= 11 is 0. The third-order valence-corrected chi connectivity index (χ3v) is 4.37. The molecule has 0 N–H and O–H groups in total. The van der Waals surface area contributed by atoms with Crippen LogP contribution in [0.15, 0.2) is 72.8 Å². The van der Waals surface area contributed by atoms with Gasteiger partial charge in [0.05, 0.1) is 11.4 Å². The first-order chi connectivity index (χ1) is 12.5. The summed E-state index contributed by atoms with van der Waals surface area (Å²) in [7, 11) is 0. The molecule has 0 radical (unpaired) electrons. The number of para-hydroxylation sites is 2. The van der Waals surface area contributed by atoms with Gasteiger partial charge in [-0.2, -0.15) is 0 Å². The average molecular weight is 343 g/mol. The van der Waals surface area contributed by atoms with Gasteiger partial charge in [-0.15, -0.1) is 0 Å². The first-order valence-corrected chi connectivity index (χ1v) is 8.77. The molecule has 0 unspecified atom stereocenters. The van der Waals surface area contributed by atoms with Crippen LogP contribution in [0.5, 0.6) is 0 Å². The van der Waals surface area contributed by atoms with E-state index in [-0.39, 0.29) is 6.09 Å². The molecule has 1 amide bonds. The zero-order chi connectivity index (χ0) is 18.3. The van der Waals surface area contributed by atoms with Gasteiger partial charge < -0.3 is 4.74 Å². The van der Waals surface area contributed by atoms with Gasteiger partial charge in [0.25, 0.3) is 0 Å². The van der Waals surface area contributed by atoms with Crippen LogP contribution in [0, 0.1) is 0 Å². The molecule has 0 saturated carbocycles. The Bertz CT molecular complexity index is 919. The standard InChI is InChI=1S/C23H21NO2/c1-23(2,3)26-22(25)24-20-14-8-6-12-18(20)16-10-4-5-11-17(16)19-13-7-9-15-21(19)24/h4-15H,1-3H3. The fourth-order valence-electron chi connectivity index (χ4n) is 3.38. The van der Waals surface area contributed by atoms with Crippen molar-refractivity contribution in [1.29, 1.82) is 0 Å². The van der Waals surface area contributed by atoms with Crippen LogP contribution < -0.4 is 4.90 Å². The molecule has 130 valence electrons. The first-order valence-electron chi connectivity index (χ1n) is 8.77. The van der Waals surface area contributed by atoms with Gasteiger partial charge in [-0.25, -0.2) is 9.69 Å². The lowest BCUT2D eigenvalue weighted by molar-refractivity contribution is 0.0599. The van der Waals surface area contributed by atoms with Crippen molar-refractivity contribution in [1.82, 2.24) is 0 Å². The number of anilines is 2. The number of carbonyl (C=O) groups is 1. The molecular weight excluding hydrogens is 322 g/mol. The molecule has 0 aliphatic carbocycles. The zero-order valence-electron chi connectivity index (χ0n) is 15.2. The summed E-state index contributed by atoms with van der Waals surface area (Å²) in [6.45, 7) is 5.65. The van der Waals surface area contributed by atoms with Crippen molar-refractivity contribution in [2.45, 2.75) is 26.4 Å². The van der Waals surface area contributed by atoms with Crippen molar-refractivity contribution in [3.63, 3.8) is 0 Å². The lowest BCUT2D eigenvalue weighted by Gasteiger charge is -2.28. The maximum absolute atomic E-state index is 13.1. The normalized spacial score (nSPS) is 12.5. The molecule has 0 saturated heterocycles. The number of fused-ring (bicyclic) bond motifs is 5. The number of hydrogen-bond donors (Lipinski definition) is 0. The number of nitrogens with zero attached hydrogens (tertiary/aromatic N) is 1. The summed E-state index contributed by atoms with van der Waals surface area (Å²) in [5.74, 6) is 0. The Hall–Kier alpha value is -3.07. The number of carbonyl (C=O) groups excluding carboxylic acids is 1. The van der Waals surface area contributed by atoms with Crippen LogP contribution in [0.25, 0.3) is 22.3 Å². The number of ether oxygens (including phenoxy) is 1. The Morgan fingerprint density at radius 3 is 1.50 bits per heavy atom. The lowest BCUT2D eigenvalue weighted by Crippen LogP contribution is -2.34. The Labute approximate surface area is 153 Å². The van der Waals surface area contributed by atoms with E-state index in [2.05, 4.69) is 24.3 Å². The van der Waals surface area contributed by atoms with E-state index in [1.165, 1.54) is 0 Å². The predicted molar refractivity (Wildman–Crippen MR) is 106 cm³/mol. The van der Waals surface area contributed by atoms with Gasteiger partial charge in [-0.1, -0.05) is 60.7 Å². The van der Waals surface area contributed by atoms with E-state index in [1.54, 1.807) is 4.90 Å². The zero-order valence-corrected chi connectivity index (χ0v) is 15.2. The maximum atomic E-state index is 13.1. The summed E-state index contributed by atoms with van der Waals surface area (Å²) in [4.78, 5) is 14.8. The highest BCUT2D eigenvalue weighted by Crippen LogP contribution is 2.47. The van der Waals surface area contributed by atoms with Crippen molar-refractivity contribution >= 4 is 17.5 Å². The van der Waals surface area contributed by atoms with Crippen LogP contribution in [0.1, 0.15) is 20.8 Å². The molecule has 1 heterocycles. The van der Waals surface area contributed by atoms with E-state index in [0.717, 1.165) is 33.6 Å². The molecule has 0 spiro atoms. The third kappa shape index (κ3) is 2.76. The Balaban J connectivity index is 2.02. The second-order valence-corrected chi connectivity index (χ2v) is 7.40. The molecule has 3 aromatic rings. The van der Waals surface area contributed by atoms with Crippen LogP contribution in [0.3, 0.4) is 0 Å². The second kappa shape index (κ2) is 6.03. The van der Waals surface area contributed by atoms with Gasteiger partial charge in [-0.3, -0.25) is 0 Å². The van der Waals surface area contributed by atoms with E-state index in [4.69, 9.17) is 4.74 Å². The summed E-state index contributed by atoms with van der Waals surface area (Å²) in [5.41, 5.74) is 5.36. The molecule has 0 bridgehead atoms. The average Bonchev–Trinajstić information content (AvgIpc) is 2.73. The predicted octanol–water partition coefficient (Wildman–Crippen LogP) is 6.41. The number of rotatable bonds is 0. The van der Waals surface area contributed by atoms with Crippen LogP contribution in [0.4, 0.5) is 16.2 Å². The van der Waals surface area contributed by atoms with Crippen molar-refractivity contribution < 1.29 is 9.53 Å². The minimum absolute atomic E-state index is 0.370. The van der Waals surface area contributed by atoms with Gasteiger partial charge >= 0.3 is 6.09 Å². The molecular formula is C23H21NO2. The fraction of sp³-hybridized carbons (Fsp3) is 0.174. The quantitative estimate of drug-likeness (QED) is 0.472. The Morgan fingerprint density at radius 2 is 1.08 bits per heavy atom. The van der Waals surface area contributed by atoms with Crippen LogP contribution in [-0.4, -0.2) is 11.7 Å². The monoisotopic (exact) mass is 343 g/mol. The van der Waals surface area contributed by atoms with Crippen LogP contribution >= 0.6 is 0 Å². The summed E-state index contributed by atoms with van der Waals surface area (Å²) in [6.07, 6.45) is -0.370. The van der Waals surface area contributed by atoms with E-state index in [9.17, 15) is 4.79 Å². The van der Waals surface area contributed by atoms with E-state index >= 15 is 0 Å². The molecule has 0 fully saturated rings. The molecule has 3 nitrogen and oxygen atoms in total. The van der Waals surface area contributed by atoms with E-state index < -0.39 is 5.60 Å². The minimum Gasteiger partial charge on any atom is -0.443 e. The van der Waals surface area contributed by atoms with E-state index in [1.807, 2.05) is 69.3 Å². The summed E-state index contributed by atoms with van der Waals surface area (Å²) < 4.78 is 5.73. The number of benzene rings is 3. The maximum Gasteiger partial charge on any atom is 0.419 e. The smallest absolute Gasteiger partial charge is 0.419 e. The topological polar surface area (TPSA) is 29.5 Å². The highest BCUT2D eigenvalue weighted by molar-refractivity contribution is 6.09. The highest BCUT2D eigenvalue weighted by atomic mass is 16.6. The summed E-state index contributed by atoms with van der Waals surface area (Å²) in [6, 6.07) is 24.2. The highest BCUT2D eigenvalue weighted by Gasteiger charge is 2.31. The second-order valence-electron chi connectivity index (χ2n) is 7.40. The van der Waals surface area contributed by atoms with Gasteiger partial charge in [0.2, 0.25) is 0 Å².